The molecule has 33 heavy (non-hydrogen) atoms. The normalized spacial score (nSPS) is 11.6. The molecular weight excluding hydrogens is 466 g/mol. The Balaban J connectivity index is 1.94. The maximum Gasteiger partial charge on any atom is 0.434 e. The molecule has 0 aliphatic heterocycles. The highest BCUT2D eigenvalue weighted by molar-refractivity contribution is 6.30. The van der Waals surface area contributed by atoms with E-state index in [1.54, 1.807) is 19.1 Å². The molecule has 4 rings (SSSR count). The van der Waals surface area contributed by atoms with Crippen molar-refractivity contribution in [1.29, 1.82) is 0 Å². The molecule has 2 aromatic carbocycles. The minimum atomic E-state index is -4.90. The minimum absolute atomic E-state index is 0.0113. The Morgan fingerprint density at radius 1 is 1.12 bits per heavy atom. The van der Waals surface area contributed by atoms with Crippen molar-refractivity contribution in [2.45, 2.75) is 13.1 Å². The van der Waals surface area contributed by atoms with E-state index >= 15 is 0 Å². The molecule has 0 unspecified atom stereocenters. The Morgan fingerprint density at radius 2 is 1.79 bits per heavy atom. The largest absolute Gasteiger partial charge is 0.462 e. The van der Waals surface area contributed by atoms with Crippen LogP contribution in [0, 0.1) is 5.82 Å². The molecular formula is C22H14ClF4N3O3. The first kappa shape index (κ1) is 22.5. The maximum atomic E-state index is 14.1. The first-order valence-corrected chi connectivity index (χ1v) is 9.92. The van der Waals surface area contributed by atoms with Gasteiger partial charge in [-0.1, -0.05) is 28.9 Å². The number of nitrogens with zero attached hydrogens (tertiary/aromatic N) is 3. The second-order valence-corrected chi connectivity index (χ2v) is 7.19. The third-order valence-electron chi connectivity index (χ3n) is 4.64. The first-order valence-electron chi connectivity index (χ1n) is 9.55. The van der Waals surface area contributed by atoms with Gasteiger partial charge in [-0.15, -0.1) is 0 Å². The zero-order chi connectivity index (χ0) is 23.8. The molecule has 2 heterocycles. The van der Waals surface area contributed by atoms with Gasteiger partial charge in [-0.3, -0.25) is 0 Å². The summed E-state index contributed by atoms with van der Waals surface area (Å²) in [7, 11) is 0. The fourth-order valence-corrected chi connectivity index (χ4v) is 3.36. The van der Waals surface area contributed by atoms with Crippen molar-refractivity contribution < 1.29 is 31.6 Å². The Morgan fingerprint density at radius 3 is 2.39 bits per heavy atom. The molecule has 0 fully saturated rings. The third-order valence-corrected chi connectivity index (χ3v) is 4.89. The number of carbonyl (C=O) groups is 1. The Labute approximate surface area is 189 Å². The van der Waals surface area contributed by atoms with Crippen LogP contribution in [-0.2, 0) is 10.9 Å². The molecule has 4 aromatic rings. The van der Waals surface area contributed by atoms with Gasteiger partial charge in [0.1, 0.15) is 17.1 Å². The predicted octanol–water partition coefficient (Wildman–Crippen LogP) is 6.18. The van der Waals surface area contributed by atoms with E-state index in [0.717, 1.165) is 30.5 Å². The molecule has 0 saturated heterocycles. The Bertz CT molecular complexity index is 1300. The zero-order valence-electron chi connectivity index (χ0n) is 16.9. The number of benzene rings is 2. The summed E-state index contributed by atoms with van der Waals surface area (Å²) in [5.41, 5.74) is -1.70. The highest BCUT2D eigenvalue weighted by Gasteiger charge is 2.42. The highest BCUT2D eigenvalue weighted by atomic mass is 35.5. The monoisotopic (exact) mass is 479 g/mol. The number of aromatic nitrogens is 3. The van der Waals surface area contributed by atoms with Crippen LogP contribution in [0.5, 0.6) is 0 Å². The second-order valence-electron chi connectivity index (χ2n) is 6.76. The molecule has 0 radical (unpaired) electrons. The smallest absolute Gasteiger partial charge is 0.434 e. The van der Waals surface area contributed by atoms with Gasteiger partial charge in [0.2, 0.25) is 0 Å². The molecule has 0 bridgehead atoms. The standard InChI is InChI=1S/C22H14ClF4N3O3/c1-2-32-21(31)17-18(12-3-5-13(23)6-4-12)29-33-19(17)16-11-28-30(20(16)22(25,26)27)15-9-7-14(24)8-10-15/h3-11H,2H2,1H3. The Kier molecular flexibility index (Phi) is 5.94. The van der Waals surface area contributed by atoms with Crippen molar-refractivity contribution in [1.82, 2.24) is 14.9 Å². The topological polar surface area (TPSA) is 70.2 Å². The fraction of sp³-hybridized carbons (Fsp3) is 0.136. The number of rotatable bonds is 5. The third kappa shape index (κ3) is 4.34. The number of ether oxygens (including phenoxy) is 1. The lowest BCUT2D eigenvalue weighted by Gasteiger charge is -2.12. The van der Waals surface area contributed by atoms with Gasteiger partial charge in [-0.2, -0.15) is 18.3 Å². The molecule has 170 valence electrons. The van der Waals surface area contributed by atoms with Crippen LogP contribution in [0.3, 0.4) is 0 Å². The van der Waals surface area contributed by atoms with Gasteiger partial charge in [0.15, 0.2) is 11.5 Å². The van der Waals surface area contributed by atoms with Crippen LogP contribution >= 0.6 is 11.6 Å². The van der Waals surface area contributed by atoms with Crippen LogP contribution in [0.2, 0.25) is 5.02 Å². The summed E-state index contributed by atoms with van der Waals surface area (Å²) in [5.74, 6) is -1.99. The van der Waals surface area contributed by atoms with E-state index in [2.05, 4.69) is 10.3 Å². The van der Waals surface area contributed by atoms with Crippen molar-refractivity contribution in [2.24, 2.45) is 0 Å². The summed E-state index contributed by atoms with van der Waals surface area (Å²) in [6.45, 7) is 1.53. The molecule has 0 amide bonds. The summed E-state index contributed by atoms with van der Waals surface area (Å²) in [4.78, 5) is 12.7. The van der Waals surface area contributed by atoms with Crippen LogP contribution in [0.4, 0.5) is 17.6 Å². The molecule has 6 nitrogen and oxygen atoms in total. The van der Waals surface area contributed by atoms with E-state index in [4.69, 9.17) is 20.9 Å². The lowest BCUT2D eigenvalue weighted by Crippen LogP contribution is -2.15. The minimum Gasteiger partial charge on any atom is -0.462 e. The van der Waals surface area contributed by atoms with Crippen LogP contribution < -0.4 is 0 Å². The van der Waals surface area contributed by atoms with E-state index in [9.17, 15) is 22.4 Å². The zero-order valence-corrected chi connectivity index (χ0v) is 17.6. The van der Waals surface area contributed by atoms with E-state index in [1.807, 2.05) is 0 Å². The molecule has 2 aromatic heterocycles. The van der Waals surface area contributed by atoms with Crippen molar-refractivity contribution in [3.63, 3.8) is 0 Å². The van der Waals surface area contributed by atoms with Crippen LogP contribution in [0.1, 0.15) is 23.0 Å². The molecule has 0 N–H and O–H groups in total. The van der Waals surface area contributed by atoms with Gasteiger partial charge in [0.25, 0.3) is 0 Å². The predicted molar refractivity (Wildman–Crippen MR) is 110 cm³/mol. The summed E-state index contributed by atoms with van der Waals surface area (Å²) in [6, 6.07) is 10.5. The van der Waals surface area contributed by atoms with Gasteiger partial charge in [-0.25, -0.2) is 13.9 Å². The number of esters is 1. The van der Waals surface area contributed by atoms with Crippen LogP contribution in [-0.4, -0.2) is 27.5 Å². The first-order chi connectivity index (χ1) is 15.7. The van der Waals surface area contributed by atoms with Crippen molar-refractivity contribution in [3.05, 3.63) is 76.8 Å². The average Bonchev–Trinajstić information content (AvgIpc) is 3.39. The number of carbonyl (C=O) groups excluding carboxylic acids is 1. The van der Waals surface area contributed by atoms with Crippen molar-refractivity contribution in [2.75, 3.05) is 6.61 Å². The fourth-order valence-electron chi connectivity index (χ4n) is 3.24. The van der Waals surface area contributed by atoms with E-state index in [0.29, 0.717) is 15.3 Å². The number of alkyl halides is 3. The van der Waals surface area contributed by atoms with E-state index in [-0.39, 0.29) is 23.6 Å². The van der Waals surface area contributed by atoms with Gasteiger partial charge < -0.3 is 9.26 Å². The van der Waals surface area contributed by atoms with Crippen molar-refractivity contribution in [3.8, 4) is 28.3 Å². The van der Waals surface area contributed by atoms with Gasteiger partial charge in [0.05, 0.1) is 24.1 Å². The number of hydrogen-bond donors (Lipinski definition) is 0. The molecule has 0 saturated carbocycles. The second kappa shape index (κ2) is 8.70. The summed E-state index contributed by atoms with van der Waals surface area (Å²) in [5, 5.41) is 8.07. The molecule has 0 atom stereocenters. The van der Waals surface area contributed by atoms with Crippen molar-refractivity contribution >= 4 is 17.6 Å². The summed E-state index contributed by atoms with van der Waals surface area (Å²) < 4.78 is 66.5. The van der Waals surface area contributed by atoms with Gasteiger partial charge >= 0.3 is 12.1 Å². The lowest BCUT2D eigenvalue weighted by atomic mass is 10.0. The van der Waals surface area contributed by atoms with Crippen LogP contribution in [0.15, 0.2) is 59.3 Å². The number of halogens is 5. The van der Waals surface area contributed by atoms with Gasteiger partial charge in [0, 0.05) is 10.6 Å². The molecule has 11 heteroatoms. The van der Waals surface area contributed by atoms with Crippen LogP contribution in [0.25, 0.3) is 28.3 Å². The summed E-state index contributed by atoms with van der Waals surface area (Å²) in [6.07, 6.45) is -4.00. The lowest BCUT2D eigenvalue weighted by molar-refractivity contribution is -0.142. The number of hydrogen-bond acceptors (Lipinski definition) is 5. The maximum absolute atomic E-state index is 14.1. The SMILES string of the molecule is CCOC(=O)c1c(-c2ccc(Cl)cc2)noc1-c1cnn(-c2ccc(F)cc2)c1C(F)(F)F. The highest BCUT2D eigenvalue weighted by Crippen LogP contribution is 2.41. The quantitative estimate of drug-likeness (QED) is 0.252. The Hall–Kier alpha value is -3.66. The van der Waals surface area contributed by atoms with E-state index in [1.165, 1.54) is 12.1 Å². The molecule has 0 aliphatic carbocycles. The molecule has 0 aliphatic rings. The van der Waals surface area contributed by atoms with Gasteiger partial charge in [-0.05, 0) is 43.3 Å². The molecule has 0 spiro atoms. The summed E-state index contributed by atoms with van der Waals surface area (Å²) >= 11 is 5.90. The van der Waals surface area contributed by atoms with E-state index < -0.39 is 35.0 Å². The average molecular weight is 480 g/mol.